The number of nitrogen functional groups attached to an aromatic ring is 1. The Labute approximate surface area is 234 Å². The summed E-state index contributed by atoms with van der Waals surface area (Å²) in [7, 11) is 1.57. The molecule has 0 saturated carbocycles. The highest BCUT2D eigenvalue weighted by atomic mass is 32.2. The molecule has 0 saturated heterocycles. The minimum Gasteiger partial charge on any atom is -0.508 e. The van der Waals surface area contributed by atoms with Crippen molar-refractivity contribution in [3.63, 3.8) is 0 Å². The number of benzene rings is 3. The van der Waals surface area contributed by atoms with E-state index in [4.69, 9.17) is 15.5 Å². The molecular formula is C31H21N5O3S. The van der Waals surface area contributed by atoms with Gasteiger partial charge < -0.3 is 15.6 Å². The van der Waals surface area contributed by atoms with Gasteiger partial charge in [0.1, 0.15) is 40.0 Å². The molecule has 0 aliphatic heterocycles. The number of carbonyl (C=O) groups is 1. The van der Waals surface area contributed by atoms with E-state index in [1.807, 2.05) is 54.6 Å². The molecule has 0 amide bonds. The molecule has 0 bridgehead atoms. The molecule has 40 heavy (non-hydrogen) atoms. The second-order valence-corrected chi connectivity index (χ2v) is 9.69. The first-order chi connectivity index (χ1) is 19.4. The maximum Gasteiger partial charge on any atom is 0.175 e. The van der Waals surface area contributed by atoms with E-state index in [1.165, 1.54) is 12.1 Å². The van der Waals surface area contributed by atoms with Gasteiger partial charge in [-0.15, -0.1) is 0 Å². The van der Waals surface area contributed by atoms with Gasteiger partial charge in [-0.1, -0.05) is 54.2 Å². The molecule has 0 spiro atoms. The van der Waals surface area contributed by atoms with Crippen LogP contribution in [0.15, 0.2) is 83.9 Å². The highest BCUT2D eigenvalue weighted by Gasteiger charge is 2.23. The van der Waals surface area contributed by atoms with Gasteiger partial charge in [0.25, 0.3) is 0 Å². The number of nitrogens with zero attached hydrogens (tertiary/aromatic N) is 4. The monoisotopic (exact) mass is 543 g/mol. The van der Waals surface area contributed by atoms with Crippen molar-refractivity contribution < 1.29 is 14.6 Å². The molecule has 8 nitrogen and oxygen atoms in total. The van der Waals surface area contributed by atoms with Crippen molar-refractivity contribution in [1.29, 1.82) is 10.5 Å². The number of thioether (sulfide) groups is 1. The van der Waals surface area contributed by atoms with Crippen LogP contribution in [-0.2, 0) is 0 Å². The number of ketones is 1. The number of rotatable bonds is 7. The van der Waals surface area contributed by atoms with Crippen LogP contribution in [0.4, 0.5) is 5.82 Å². The smallest absolute Gasteiger partial charge is 0.175 e. The summed E-state index contributed by atoms with van der Waals surface area (Å²) >= 11 is 1.05. The number of hydrogen-bond donors (Lipinski definition) is 2. The Morgan fingerprint density at radius 1 is 0.950 bits per heavy atom. The fraction of sp³-hybridized carbons (Fsp3) is 0.0645. The third kappa shape index (κ3) is 5.02. The van der Waals surface area contributed by atoms with E-state index >= 15 is 0 Å². The van der Waals surface area contributed by atoms with Crippen LogP contribution in [0.2, 0.25) is 0 Å². The zero-order valence-corrected chi connectivity index (χ0v) is 22.1. The van der Waals surface area contributed by atoms with Gasteiger partial charge in [-0.2, -0.15) is 10.5 Å². The van der Waals surface area contributed by atoms with Crippen molar-refractivity contribution in [3.05, 3.63) is 95.6 Å². The fourth-order valence-electron chi connectivity index (χ4n) is 4.37. The summed E-state index contributed by atoms with van der Waals surface area (Å²) in [6.07, 6.45) is 0. The number of aromatic hydroxyl groups is 1. The van der Waals surface area contributed by atoms with E-state index in [-0.39, 0.29) is 44.8 Å². The molecule has 3 N–H and O–H groups in total. The van der Waals surface area contributed by atoms with E-state index < -0.39 is 0 Å². The zero-order chi connectivity index (χ0) is 28.2. The van der Waals surface area contributed by atoms with Gasteiger partial charge in [-0.05, 0) is 42.0 Å². The van der Waals surface area contributed by atoms with Crippen molar-refractivity contribution in [2.45, 2.75) is 5.03 Å². The number of fused-ring (bicyclic) bond motifs is 1. The summed E-state index contributed by atoms with van der Waals surface area (Å²) in [4.78, 5) is 22.8. The van der Waals surface area contributed by atoms with Crippen molar-refractivity contribution in [2.75, 3.05) is 18.6 Å². The predicted octanol–water partition coefficient (Wildman–Crippen LogP) is 5.98. The number of Topliss-reactive ketones (excluding diaryl/α,β-unsaturated/α-hetero) is 1. The number of nitrogens with two attached hydrogens (primary N) is 1. The van der Waals surface area contributed by atoms with Crippen LogP contribution in [0.5, 0.6) is 11.5 Å². The number of nitriles is 2. The third-order valence-corrected chi connectivity index (χ3v) is 7.24. The molecular weight excluding hydrogens is 522 g/mol. The lowest BCUT2D eigenvalue weighted by Gasteiger charge is -2.14. The highest BCUT2D eigenvalue weighted by molar-refractivity contribution is 8.00. The average Bonchev–Trinajstić information content (AvgIpc) is 2.98. The van der Waals surface area contributed by atoms with Crippen LogP contribution >= 0.6 is 11.8 Å². The zero-order valence-electron chi connectivity index (χ0n) is 21.3. The summed E-state index contributed by atoms with van der Waals surface area (Å²) < 4.78 is 5.35. The maximum atomic E-state index is 13.7. The van der Waals surface area contributed by atoms with Gasteiger partial charge in [0, 0.05) is 22.1 Å². The van der Waals surface area contributed by atoms with Crippen molar-refractivity contribution in [1.82, 2.24) is 9.97 Å². The molecule has 9 heteroatoms. The number of aromatic nitrogens is 2. The number of hydrogen-bond acceptors (Lipinski definition) is 9. The Kier molecular flexibility index (Phi) is 7.32. The maximum absolute atomic E-state index is 13.7. The summed E-state index contributed by atoms with van der Waals surface area (Å²) in [5, 5.41) is 30.8. The van der Waals surface area contributed by atoms with Crippen LogP contribution in [0.1, 0.15) is 21.5 Å². The van der Waals surface area contributed by atoms with Gasteiger partial charge in [-0.3, -0.25) is 4.79 Å². The molecule has 3 aromatic carbocycles. The first kappa shape index (κ1) is 26.2. The molecule has 0 radical (unpaired) electrons. The Morgan fingerprint density at radius 2 is 1.70 bits per heavy atom. The summed E-state index contributed by atoms with van der Waals surface area (Å²) in [5.41, 5.74) is 9.39. The largest absolute Gasteiger partial charge is 0.508 e. The van der Waals surface area contributed by atoms with E-state index in [0.717, 1.165) is 22.7 Å². The normalized spacial score (nSPS) is 10.6. The topological polar surface area (TPSA) is 146 Å². The Balaban J connectivity index is 1.57. The second-order valence-electron chi connectivity index (χ2n) is 8.72. The minimum atomic E-state index is -0.228. The van der Waals surface area contributed by atoms with Crippen molar-refractivity contribution in [3.8, 4) is 46.0 Å². The van der Waals surface area contributed by atoms with E-state index in [1.54, 1.807) is 25.3 Å². The molecule has 194 valence electrons. The highest BCUT2D eigenvalue weighted by Crippen LogP contribution is 2.37. The van der Waals surface area contributed by atoms with Gasteiger partial charge in [0.15, 0.2) is 5.78 Å². The van der Waals surface area contributed by atoms with Crippen LogP contribution in [-0.4, -0.2) is 33.7 Å². The summed E-state index contributed by atoms with van der Waals surface area (Å²) in [5.74, 6) is 0.250. The molecule has 0 atom stereocenters. The number of ether oxygens (including phenoxy) is 1. The second kappa shape index (κ2) is 11.2. The standard InChI is InChI=1S/C31H21N5O3S/c1-39-22-10-11-26-20(13-22)14-23(29(35-26)18-6-3-2-4-7-18)27(38)17-40-31-25(16-33)28(24(15-32)30(34)36-31)19-8-5-9-21(37)12-19/h2-14,37H,17H2,1H3,(H2,34,36). The first-order valence-corrected chi connectivity index (χ1v) is 13.0. The summed E-state index contributed by atoms with van der Waals surface area (Å²) in [6, 6.07) is 27.0. The van der Waals surface area contributed by atoms with Gasteiger partial charge in [-0.25, -0.2) is 9.97 Å². The molecule has 5 rings (SSSR count). The lowest BCUT2D eigenvalue weighted by molar-refractivity contribution is 0.102. The van der Waals surface area contributed by atoms with Crippen LogP contribution < -0.4 is 10.5 Å². The van der Waals surface area contributed by atoms with Gasteiger partial charge >= 0.3 is 0 Å². The van der Waals surface area contributed by atoms with Gasteiger partial charge in [0.05, 0.1) is 29.6 Å². The van der Waals surface area contributed by atoms with E-state index in [2.05, 4.69) is 11.1 Å². The molecule has 2 aromatic heterocycles. The quantitative estimate of drug-likeness (QED) is 0.187. The number of anilines is 1. The Bertz CT molecular complexity index is 1860. The summed E-state index contributed by atoms with van der Waals surface area (Å²) in [6.45, 7) is 0. The number of pyridine rings is 2. The third-order valence-electron chi connectivity index (χ3n) is 6.26. The molecule has 0 unspecified atom stereocenters. The van der Waals surface area contributed by atoms with Crippen molar-refractivity contribution >= 4 is 34.3 Å². The SMILES string of the molecule is COc1ccc2nc(-c3ccccc3)c(C(=O)CSc3nc(N)c(C#N)c(-c4cccc(O)c4)c3C#N)cc2c1. The molecule has 0 fully saturated rings. The Morgan fingerprint density at radius 3 is 2.40 bits per heavy atom. The van der Waals surface area contributed by atoms with E-state index in [0.29, 0.717) is 28.1 Å². The van der Waals surface area contributed by atoms with Crippen molar-refractivity contribution in [2.24, 2.45) is 0 Å². The lowest BCUT2D eigenvalue weighted by atomic mass is 9.97. The van der Waals surface area contributed by atoms with Crippen LogP contribution in [0.3, 0.4) is 0 Å². The molecule has 0 aliphatic carbocycles. The average molecular weight is 544 g/mol. The van der Waals surface area contributed by atoms with E-state index in [9.17, 15) is 20.4 Å². The van der Waals surface area contributed by atoms with Crippen LogP contribution in [0.25, 0.3) is 33.3 Å². The minimum absolute atomic E-state index is 0.0249. The number of carbonyl (C=O) groups excluding carboxylic acids is 1. The fourth-order valence-corrected chi connectivity index (χ4v) is 5.25. The lowest BCUT2D eigenvalue weighted by Crippen LogP contribution is -2.08. The molecule has 5 aromatic rings. The molecule has 2 heterocycles. The number of phenolic OH excluding ortho intramolecular Hbond substituents is 1. The Hall–Kier alpha value is -5.38. The van der Waals surface area contributed by atoms with Crippen LogP contribution in [0, 0.1) is 22.7 Å². The molecule has 0 aliphatic rings. The first-order valence-electron chi connectivity index (χ1n) is 12.1. The number of methoxy groups -OCH3 is 1. The number of phenols is 1. The van der Waals surface area contributed by atoms with Gasteiger partial charge in [0.2, 0.25) is 0 Å². The predicted molar refractivity (Wildman–Crippen MR) is 154 cm³/mol.